The molecule has 0 amide bonds. The molecular formula is C11H14NO3-. The van der Waals surface area contributed by atoms with E-state index in [-0.39, 0.29) is 0 Å². The molecule has 1 aromatic rings. The Kier molecular flexibility index (Phi) is 2.79. The van der Waals surface area contributed by atoms with Crippen LogP contribution in [0.3, 0.4) is 0 Å². The first kappa shape index (κ1) is 10.3. The summed E-state index contributed by atoms with van der Waals surface area (Å²) in [6.45, 7) is 0.998. The lowest BCUT2D eigenvalue weighted by Crippen LogP contribution is -2.25. The molecule has 1 aliphatic heterocycles. The highest BCUT2D eigenvalue weighted by Crippen LogP contribution is 2.32. The first-order valence-electron chi connectivity index (χ1n) is 4.90. The summed E-state index contributed by atoms with van der Waals surface area (Å²) in [5, 5.41) is 12.3. The molecule has 2 rings (SSSR count). The van der Waals surface area contributed by atoms with Crippen LogP contribution < -0.4 is 9.47 Å². The van der Waals surface area contributed by atoms with E-state index >= 15 is 0 Å². The van der Waals surface area contributed by atoms with Crippen LogP contribution >= 0.6 is 0 Å². The Hall–Kier alpha value is -1.26. The van der Waals surface area contributed by atoms with Crippen LogP contribution in [0.1, 0.15) is 11.1 Å². The number of fused-ring (bicyclic) bond motifs is 1. The molecule has 0 fully saturated rings. The van der Waals surface area contributed by atoms with Crippen molar-refractivity contribution in [1.82, 2.24) is 5.06 Å². The molecule has 1 aliphatic rings. The van der Waals surface area contributed by atoms with Crippen molar-refractivity contribution < 1.29 is 9.47 Å². The van der Waals surface area contributed by atoms with Crippen LogP contribution in [0.4, 0.5) is 0 Å². The van der Waals surface area contributed by atoms with Gasteiger partial charge in [0, 0.05) is 6.54 Å². The third-order valence-electron chi connectivity index (χ3n) is 2.68. The highest BCUT2D eigenvalue weighted by molar-refractivity contribution is 5.48. The van der Waals surface area contributed by atoms with Crippen LogP contribution in [-0.4, -0.2) is 25.8 Å². The van der Waals surface area contributed by atoms with E-state index in [0.717, 1.165) is 22.8 Å². The molecule has 1 aromatic carbocycles. The van der Waals surface area contributed by atoms with Crippen LogP contribution in [-0.2, 0) is 13.0 Å². The van der Waals surface area contributed by atoms with E-state index in [9.17, 15) is 5.21 Å². The van der Waals surface area contributed by atoms with Crippen molar-refractivity contribution in [3.05, 3.63) is 28.5 Å². The summed E-state index contributed by atoms with van der Waals surface area (Å²) >= 11 is 0. The molecule has 1 heterocycles. The summed E-state index contributed by atoms with van der Waals surface area (Å²) in [6, 6.07) is 3.85. The Morgan fingerprint density at radius 1 is 1.13 bits per heavy atom. The molecule has 0 N–H and O–H groups in total. The second kappa shape index (κ2) is 4.08. The fourth-order valence-corrected chi connectivity index (χ4v) is 1.86. The van der Waals surface area contributed by atoms with E-state index in [0.29, 0.717) is 18.8 Å². The summed E-state index contributed by atoms with van der Waals surface area (Å²) < 4.78 is 10.4. The lowest BCUT2D eigenvalue weighted by molar-refractivity contribution is 0.338. The fraction of sp³-hybridized carbons (Fsp3) is 0.455. The molecule has 82 valence electrons. The average molecular weight is 208 g/mol. The molecule has 0 spiro atoms. The fourth-order valence-electron chi connectivity index (χ4n) is 1.86. The van der Waals surface area contributed by atoms with Crippen molar-refractivity contribution in [1.29, 1.82) is 0 Å². The Bertz CT molecular complexity index is 365. The Balaban J connectivity index is 2.41. The first-order chi connectivity index (χ1) is 7.24. The third kappa shape index (κ3) is 1.91. The third-order valence-corrected chi connectivity index (χ3v) is 2.68. The molecule has 0 bridgehead atoms. The maximum Gasteiger partial charge on any atom is 0.161 e. The van der Waals surface area contributed by atoms with Gasteiger partial charge in [0.2, 0.25) is 0 Å². The molecule has 15 heavy (non-hydrogen) atoms. The van der Waals surface area contributed by atoms with Crippen molar-refractivity contribution in [2.45, 2.75) is 13.0 Å². The van der Waals surface area contributed by atoms with Gasteiger partial charge in [-0.1, -0.05) is 0 Å². The van der Waals surface area contributed by atoms with Crippen LogP contribution in [0.15, 0.2) is 12.1 Å². The Morgan fingerprint density at radius 3 is 2.33 bits per heavy atom. The minimum Gasteiger partial charge on any atom is -0.785 e. The maximum absolute atomic E-state index is 11.2. The topological polar surface area (TPSA) is 44.8 Å². The van der Waals surface area contributed by atoms with Gasteiger partial charge in [-0.15, -0.1) is 0 Å². The quantitative estimate of drug-likeness (QED) is 0.739. The SMILES string of the molecule is COc1cc2c(cc1OC)CN([O-])CC2. The van der Waals surface area contributed by atoms with Gasteiger partial charge in [-0.05, 0) is 36.2 Å². The van der Waals surface area contributed by atoms with Gasteiger partial charge in [-0.2, -0.15) is 0 Å². The standard InChI is InChI=1S/C11H14NO3/c1-14-10-5-8-3-4-12(13)7-9(8)6-11(10)15-2/h5-6H,3-4,7H2,1-2H3/q-1. The summed E-state index contributed by atoms with van der Waals surface area (Å²) in [5.41, 5.74) is 2.22. The molecule has 0 aromatic heterocycles. The number of rotatable bonds is 2. The van der Waals surface area contributed by atoms with E-state index in [2.05, 4.69) is 0 Å². The summed E-state index contributed by atoms with van der Waals surface area (Å²) in [4.78, 5) is 0. The molecule has 0 aliphatic carbocycles. The van der Waals surface area contributed by atoms with Crippen molar-refractivity contribution >= 4 is 0 Å². The van der Waals surface area contributed by atoms with Crippen LogP contribution in [0.25, 0.3) is 0 Å². The van der Waals surface area contributed by atoms with Gasteiger partial charge in [-0.25, -0.2) is 0 Å². The number of ether oxygens (including phenoxy) is 2. The van der Waals surface area contributed by atoms with Gasteiger partial charge >= 0.3 is 0 Å². The van der Waals surface area contributed by atoms with Crippen molar-refractivity contribution in [3.63, 3.8) is 0 Å². The highest BCUT2D eigenvalue weighted by atomic mass is 16.5. The van der Waals surface area contributed by atoms with Crippen LogP contribution in [0.5, 0.6) is 11.5 Å². The van der Waals surface area contributed by atoms with E-state index in [1.165, 1.54) is 5.56 Å². The largest absolute Gasteiger partial charge is 0.785 e. The number of hydroxylamine groups is 2. The lowest BCUT2D eigenvalue weighted by Gasteiger charge is -2.34. The normalized spacial score (nSPS) is 15.9. The molecule has 4 nitrogen and oxygen atoms in total. The number of methoxy groups -OCH3 is 2. The number of hydrogen-bond donors (Lipinski definition) is 0. The van der Waals surface area contributed by atoms with Crippen molar-refractivity contribution in [2.24, 2.45) is 0 Å². The van der Waals surface area contributed by atoms with Gasteiger partial charge < -0.3 is 19.7 Å². The monoisotopic (exact) mass is 208 g/mol. The molecule has 4 heteroatoms. The summed E-state index contributed by atoms with van der Waals surface area (Å²) in [6.07, 6.45) is 0.777. The summed E-state index contributed by atoms with van der Waals surface area (Å²) in [5.74, 6) is 1.42. The van der Waals surface area contributed by atoms with E-state index in [1.807, 2.05) is 12.1 Å². The molecule has 0 unspecified atom stereocenters. The zero-order valence-corrected chi connectivity index (χ0v) is 8.95. The zero-order valence-electron chi connectivity index (χ0n) is 8.95. The molecule has 0 radical (unpaired) electrons. The average Bonchev–Trinajstić information content (AvgIpc) is 2.27. The maximum atomic E-state index is 11.2. The highest BCUT2D eigenvalue weighted by Gasteiger charge is 2.14. The second-order valence-electron chi connectivity index (χ2n) is 3.59. The second-order valence-corrected chi connectivity index (χ2v) is 3.59. The van der Waals surface area contributed by atoms with Gasteiger partial charge in [0.05, 0.1) is 14.2 Å². The molecular weight excluding hydrogens is 194 g/mol. The lowest BCUT2D eigenvalue weighted by atomic mass is 10.00. The van der Waals surface area contributed by atoms with Crippen LogP contribution in [0, 0.1) is 5.21 Å². The smallest absolute Gasteiger partial charge is 0.161 e. The summed E-state index contributed by atoms with van der Waals surface area (Å²) in [7, 11) is 3.22. The van der Waals surface area contributed by atoms with Crippen molar-refractivity contribution in [2.75, 3.05) is 20.8 Å². The minimum atomic E-state index is 0.440. The van der Waals surface area contributed by atoms with E-state index in [4.69, 9.17) is 9.47 Å². The number of hydrogen-bond acceptors (Lipinski definition) is 4. The van der Waals surface area contributed by atoms with E-state index < -0.39 is 0 Å². The molecule has 0 atom stereocenters. The predicted octanol–water partition coefficient (Wildman–Crippen LogP) is 1.56. The Labute approximate surface area is 89.0 Å². The van der Waals surface area contributed by atoms with Gasteiger partial charge in [0.15, 0.2) is 11.5 Å². The van der Waals surface area contributed by atoms with Crippen LogP contribution in [0.2, 0.25) is 0 Å². The molecule has 0 saturated carbocycles. The number of nitrogens with zero attached hydrogens (tertiary/aromatic N) is 1. The first-order valence-corrected chi connectivity index (χ1v) is 4.90. The van der Waals surface area contributed by atoms with E-state index in [1.54, 1.807) is 14.2 Å². The predicted molar refractivity (Wildman–Crippen MR) is 57.0 cm³/mol. The molecule has 0 saturated heterocycles. The number of benzene rings is 1. The van der Waals surface area contributed by atoms with Crippen molar-refractivity contribution in [3.8, 4) is 11.5 Å². The Morgan fingerprint density at radius 2 is 1.73 bits per heavy atom. The van der Waals surface area contributed by atoms with Gasteiger partial charge in [0.1, 0.15) is 0 Å². The van der Waals surface area contributed by atoms with Gasteiger partial charge in [-0.3, -0.25) is 0 Å². The minimum absolute atomic E-state index is 0.440. The zero-order chi connectivity index (χ0) is 10.8. The van der Waals surface area contributed by atoms with Gasteiger partial charge in [0.25, 0.3) is 0 Å².